The molecule has 0 aromatic heterocycles. The number of halogens is 2. The number of carbonyl (C=O) groups is 1. The highest BCUT2D eigenvalue weighted by atomic mass is 79.9. The minimum atomic E-state index is -3.47. The lowest BCUT2D eigenvalue weighted by molar-refractivity contribution is 0.102. The van der Waals surface area contributed by atoms with E-state index in [1.54, 1.807) is 6.07 Å². The van der Waals surface area contributed by atoms with Crippen LogP contribution in [-0.4, -0.2) is 27.2 Å². The maximum atomic E-state index is 13.8. The Morgan fingerprint density at radius 3 is 2.56 bits per heavy atom. The lowest BCUT2D eigenvalue weighted by Gasteiger charge is -2.13. The molecular weight excluding hydrogens is 415 g/mol. The highest BCUT2D eigenvalue weighted by Crippen LogP contribution is 2.29. The molecule has 2 N–H and O–H groups in total. The van der Waals surface area contributed by atoms with Gasteiger partial charge in [0, 0.05) is 16.2 Å². The number of nitrogens with one attached hydrogen (secondary N) is 2. The Balaban J connectivity index is 2.24. The molecule has 1 amide bonds. The zero-order valence-corrected chi connectivity index (χ0v) is 15.9. The molecule has 0 aliphatic heterocycles. The second kappa shape index (κ2) is 7.83. The van der Waals surface area contributed by atoms with E-state index in [0.717, 1.165) is 0 Å². The number of methoxy groups -OCH3 is 1. The van der Waals surface area contributed by atoms with E-state index in [9.17, 15) is 17.6 Å². The van der Waals surface area contributed by atoms with Crippen LogP contribution in [0.25, 0.3) is 0 Å². The average Bonchev–Trinajstić information content (AvgIpc) is 2.55. The number of ether oxygens (including phenoxy) is 1. The summed E-state index contributed by atoms with van der Waals surface area (Å²) in [4.78, 5) is 12.2. The number of hydrogen-bond donors (Lipinski definition) is 2. The van der Waals surface area contributed by atoms with Gasteiger partial charge < -0.3 is 10.1 Å². The van der Waals surface area contributed by atoms with Crippen molar-refractivity contribution in [3.63, 3.8) is 0 Å². The molecule has 0 spiro atoms. The van der Waals surface area contributed by atoms with Gasteiger partial charge in [-0.1, -0.05) is 15.9 Å². The summed E-state index contributed by atoms with van der Waals surface area (Å²) >= 11 is 3.12. The fourth-order valence-electron chi connectivity index (χ4n) is 1.97. The predicted molar refractivity (Wildman–Crippen MR) is 98.1 cm³/mol. The third-order valence-corrected chi connectivity index (χ3v) is 5.06. The average molecular weight is 431 g/mol. The molecule has 2 rings (SSSR count). The van der Waals surface area contributed by atoms with Crippen molar-refractivity contribution in [1.82, 2.24) is 0 Å². The smallest absolute Gasteiger partial charge is 0.258 e. The van der Waals surface area contributed by atoms with Crippen LogP contribution < -0.4 is 14.8 Å². The van der Waals surface area contributed by atoms with Crippen LogP contribution >= 0.6 is 15.9 Å². The summed E-state index contributed by atoms with van der Waals surface area (Å²) in [5.74, 6) is -1.15. The van der Waals surface area contributed by atoms with E-state index in [1.807, 2.05) is 0 Å². The van der Waals surface area contributed by atoms with E-state index in [0.29, 0.717) is 10.2 Å². The molecule has 6 nitrogen and oxygen atoms in total. The molecule has 0 saturated carbocycles. The highest BCUT2D eigenvalue weighted by molar-refractivity contribution is 9.10. The van der Waals surface area contributed by atoms with E-state index >= 15 is 0 Å². The van der Waals surface area contributed by atoms with Gasteiger partial charge >= 0.3 is 0 Å². The highest BCUT2D eigenvalue weighted by Gasteiger charge is 2.15. The molecule has 0 radical (unpaired) electrons. The summed E-state index contributed by atoms with van der Waals surface area (Å²) in [6.07, 6.45) is 0. The van der Waals surface area contributed by atoms with Crippen LogP contribution in [0.15, 0.2) is 40.9 Å². The normalized spacial score (nSPS) is 11.0. The molecule has 0 heterocycles. The van der Waals surface area contributed by atoms with Gasteiger partial charge in [-0.15, -0.1) is 0 Å². The van der Waals surface area contributed by atoms with E-state index < -0.39 is 21.7 Å². The second-order valence-corrected chi connectivity index (χ2v) is 7.93. The number of anilines is 2. The van der Waals surface area contributed by atoms with Crippen molar-refractivity contribution in [2.75, 3.05) is 22.9 Å². The van der Waals surface area contributed by atoms with Crippen molar-refractivity contribution < 1.29 is 22.3 Å². The van der Waals surface area contributed by atoms with Gasteiger partial charge in [0.25, 0.3) is 5.91 Å². The zero-order chi connectivity index (χ0) is 18.6. The number of sulfonamides is 1. The molecule has 0 saturated heterocycles. The Kier molecular flexibility index (Phi) is 6.02. The maximum Gasteiger partial charge on any atom is 0.258 e. The summed E-state index contributed by atoms with van der Waals surface area (Å²) in [5, 5.41) is 2.55. The minimum absolute atomic E-state index is 0.0858. The Hall–Kier alpha value is -2.13. The van der Waals surface area contributed by atoms with E-state index in [1.165, 1.54) is 44.4 Å². The lowest BCUT2D eigenvalue weighted by atomic mass is 10.2. The SMILES string of the molecule is CCS(=O)(=O)Nc1ccc(NC(=O)c2ccc(Br)cc2F)cc1OC. The van der Waals surface area contributed by atoms with Crippen molar-refractivity contribution in [3.05, 3.63) is 52.3 Å². The monoisotopic (exact) mass is 430 g/mol. The van der Waals surface area contributed by atoms with Crippen LogP contribution in [0.3, 0.4) is 0 Å². The zero-order valence-electron chi connectivity index (χ0n) is 13.5. The van der Waals surface area contributed by atoms with Crippen LogP contribution in [0.1, 0.15) is 17.3 Å². The molecule has 134 valence electrons. The third-order valence-electron chi connectivity index (χ3n) is 3.28. The van der Waals surface area contributed by atoms with Gasteiger partial charge in [0.2, 0.25) is 10.0 Å². The first kappa shape index (κ1) is 19.2. The molecule has 0 aliphatic rings. The molecule has 9 heteroatoms. The quantitative estimate of drug-likeness (QED) is 0.732. The molecule has 0 atom stereocenters. The molecule has 25 heavy (non-hydrogen) atoms. The largest absolute Gasteiger partial charge is 0.494 e. The molecule has 0 bridgehead atoms. The van der Waals surface area contributed by atoms with Crippen molar-refractivity contribution in [1.29, 1.82) is 0 Å². The Morgan fingerprint density at radius 2 is 1.96 bits per heavy atom. The van der Waals surface area contributed by atoms with Gasteiger partial charge in [-0.2, -0.15) is 0 Å². The number of carbonyl (C=O) groups excluding carboxylic acids is 1. The molecule has 2 aromatic rings. The number of amides is 1. The topological polar surface area (TPSA) is 84.5 Å². The summed E-state index contributed by atoms with van der Waals surface area (Å²) < 4.78 is 45.2. The van der Waals surface area contributed by atoms with Crippen LogP contribution in [0.2, 0.25) is 0 Å². The fourth-order valence-corrected chi connectivity index (χ4v) is 2.95. The van der Waals surface area contributed by atoms with Crippen molar-refractivity contribution >= 4 is 43.2 Å². The van der Waals surface area contributed by atoms with Crippen LogP contribution in [-0.2, 0) is 10.0 Å². The van der Waals surface area contributed by atoms with Crippen molar-refractivity contribution in [2.45, 2.75) is 6.92 Å². The number of hydrogen-bond acceptors (Lipinski definition) is 4. The number of rotatable bonds is 6. The van der Waals surface area contributed by atoms with Gasteiger partial charge in [-0.25, -0.2) is 12.8 Å². The van der Waals surface area contributed by atoms with E-state index in [-0.39, 0.29) is 22.8 Å². The van der Waals surface area contributed by atoms with Gasteiger partial charge in [0.1, 0.15) is 11.6 Å². The Morgan fingerprint density at radius 1 is 1.24 bits per heavy atom. The summed E-state index contributed by atoms with van der Waals surface area (Å²) in [5.41, 5.74) is 0.471. The second-order valence-electron chi connectivity index (χ2n) is 5.00. The maximum absolute atomic E-state index is 13.8. The first-order chi connectivity index (χ1) is 11.8. The molecular formula is C16H16BrFN2O4S. The molecule has 0 aliphatic carbocycles. The van der Waals surface area contributed by atoms with Crippen LogP contribution in [0, 0.1) is 5.82 Å². The molecule has 0 fully saturated rings. The van der Waals surface area contributed by atoms with Gasteiger partial charge in [0.05, 0.1) is 24.1 Å². The first-order valence-corrected chi connectivity index (χ1v) is 9.65. The van der Waals surface area contributed by atoms with Gasteiger partial charge in [-0.3, -0.25) is 9.52 Å². The fraction of sp³-hybridized carbons (Fsp3) is 0.188. The Bertz CT molecular complexity index is 903. The summed E-state index contributed by atoms with van der Waals surface area (Å²) in [6.45, 7) is 1.51. The number of benzene rings is 2. The van der Waals surface area contributed by atoms with Gasteiger partial charge in [0.15, 0.2) is 0 Å². The predicted octanol–water partition coefficient (Wildman–Crippen LogP) is 3.61. The van der Waals surface area contributed by atoms with Crippen molar-refractivity contribution in [3.8, 4) is 5.75 Å². The summed E-state index contributed by atoms with van der Waals surface area (Å²) in [6, 6.07) is 8.50. The lowest BCUT2D eigenvalue weighted by Crippen LogP contribution is -2.16. The summed E-state index contributed by atoms with van der Waals surface area (Å²) in [7, 11) is -2.09. The molecule has 2 aromatic carbocycles. The standard InChI is InChI=1S/C16H16BrFN2O4S/c1-3-25(22,23)20-14-7-5-11(9-15(14)24-2)19-16(21)12-6-4-10(17)8-13(12)18/h4-9,20H,3H2,1-2H3,(H,19,21). The first-order valence-electron chi connectivity index (χ1n) is 7.20. The van der Waals surface area contributed by atoms with Crippen LogP contribution in [0.5, 0.6) is 5.75 Å². The van der Waals surface area contributed by atoms with Crippen molar-refractivity contribution in [2.24, 2.45) is 0 Å². The molecule has 0 unspecified atom stereocenters. The third kappa shape index (κ3) is 4.93. The van der Waals surface area contributed by atoms with E-state index in [2.05, 4.69) is 26.0 Å². The minimum Gasteiger partial charge on any atom is -0.494 e. The van der Waals surface area contributed by atoms with Gasteiger partial charge in [-0.05, 0) is 37.3 Å². The van der Waals surface area contributed by atoms with E-state index in [4.69, 9.17) is 4.74 Å². The Labute approximate surface area is 153 Å². The van der Waals surface area contributed by atoms with Crippen LogP contribution in [0.4, 0.5) is 15.8 Å².